The van der Waals surface area contributed by atoms with E-state index in [2.05, 4.69) is 15.3 Å². The van der Waals surface area contributed by atoms with Crippen LogP contribution in [0.15, 0.2) is 96.1 Å². The first-order valence-corrected chi connectivity index (χ1v) is 12.9. The number of nitrogens with one attached hydrogen (secondary N) is 1. The van der Waals surface area contributed by atoms with E-state index in [1.807, 2.05) is 66.7 Å². The van der Waals surface area contributed by atoms with Crippen molar-refractivity contribution in [2.45, 2.75) is 25.4 Å². The van der Waals surface area contributed by atoms with Crippen molar-refractivity contribution in [2.24, 2.45) is 0 Å². The monoisotopic (exact) mass is 550 g/mol. The number of hydrogen-bond donors (Lipinski definition) is 4. The lowest BCUT2D eigenvalue weighted by Gasteiger charge is -2.19. The second kappa shape index (κ2) is 11.7. The number of pyridine rings is 3. The lowest BCUT2D eigenvalue weighted by Crippen LogP contribution is -2.28. The molecule has 5 aromatic rings. The summed E-state index contributed by atoms with van der Waals surface area (Å²) in [6.45, 7) is 0.263. The van der Waals surface area contributed by atoms with Crippen LogP contribution in [0.3, 0.4) is 0 Å². The third kappa shape index (κ3) is 6.06. The van der Waals surface area contributed by atoms with E-state index in [-0.39, 0.29) is 29.6 Å². The van der Waals surface area contributed by atoms with Crippen LogP contribution >= 0.6 is 0 Å². The maximum absolute atomic E-state index is 14.0. The van der Waals surface area contributed by atoms with Crippen LogP contribution in [0, 0.1) is 0 Å². The molecule has 3 aromatic heterocycles. The van der Waals surface area contributed by atoms with E-state index in [1.165, 1.54) is 0 Å². The predicted octanol–water partition coefficient (Wildman–Crippen LogP) is 4.99. The number of aromatic hydroxyl groups is 1. The average molecular weight is 551 g/mol. The van der Waals surface area contributed by atoms with Gasteiger partial charge in [0.25, 0.3) is 11.5 Å². The molecule has 0 atom stereocenters. The molecule has 10 nitrogen and oxygen atoms in total. The Kier molecular flexibility index (Phi) is 7.73. The molecule has 1 aliphatic carbocycles. The molecule has 41 heavy (non-hydrogen) atoms. The molecule has 1 fully saturated rings. The molecule has 1 aliphatic rings. The van der Waals surface area contributed by atoms with Gasteiger partial charge in [0.1, 0.15) is 0 Å². The number of hydrogen-bond acceptors (Lipinski definition) is 6. The van der Waals surface area contributed by atoms with Crippen molar-refractivity contribution in [2.75, 3.05) is 0 Å². The van der Waals surface area contributed by atoms with E-state index in [0.717, 1.165) is 24.0 Å². The summed E-state index contributed by atoms with van der Waals surface area (Å²) in [5.41, 5.74) is 3.28. The summed E-state index contributed by atoms with van der Waals surface area (Å²) in [7, 11) is 0. The first-order valence-electron chi connectivity index (χ1n) is 12.9. The zero-order chi connectivity index (χ0) is 28.9. The highest BCUT2D eigenvalue weighted by molar-refractivity contribution is 6.06. The third-order valence-electron chi connectivity index (χ3n) is 6.55. The van der Waals surface area contributed by atoms with E-state index in [9.17, 15) is 14.7 Å². The Labute approximate surface area is 234 Å². The molecule has 6 rings (SSSR count). The highest BCUT2D eigenvalue weighted by Crippen LogP contribution is 2.36. The number of carbonyl (C=O) groups excluding carboxylic acids is 1. The van der Waals surface area contributed by atoms with Gasteiger partial charge in [0.2, 0.25) is 0 Å². The highest BCUT2D eigenvalue weighted by atomic mass is 16.6. The number of amides is 1. The summed E-state index contributed by atoms with van der Waals surface area (Å²) in [5.74, 6) is -0.686. The second-order valence-electron chi connectivity index (χ2n) is 9.49. The van der Waals surface area contributed by atoms with E-state index < -0.39 is 12.1 Å². The smallest absolute Gasteiger partial charge is 0.503 e. The molecule has 2 aromatic carbocycles. The summed E-state index contributed by atoms with van der Waals surface area (Å²) in [4.78, 5) is 44.6. The van der Waals surface area contributed by atoms with Crippen molar-refractivity contribution in [3.63, 3.8) is 0 Å². The fourth-order valence-corrected chi connectivity index (χ4v) is 4.53. The summed E-state index contributed by atoms with van der Waals surface area (Å²) >= 11 is 0. The third-order valence-corrected chi connectivity index (χ3v) is 6.55. The van der Waals surface area contributed by atoms with Crippen LogP contribution in [0.4, 0.5) is 4.79 Å². The molecular formula is C31H26N4O6. The normalized spacial score (nSPS) is 12.3. The number of carboxylic acid groups (broad SMARTS) is 2. The molecule has 0 saturated heterocycles. The van der Waals surface area contributed by atoms with Gasteiger partial charge in [-0.25, -0.2) is 9.78 Å². The molecule has 0 bridgehead atoms. The maximum atomic E-state index is 14.0. The Balaban J connectivity index is 0.000000794. The molecule has 4 N–H and O–H groups in total. The topological polar surface area (TPSA) is 155 Å². The van der Waals surface area contributed by atoms with Crippen LogP contribution in [-0.2, 0) is 6.54 Å². The second-order valence-corrected chi connectivity index (χ2v) is 9.49. The van der Waals surface area contributed by atoms with Gasteiger partial charge in [0.15, 0.2) is 11.4 Å². The van der Waals surface area contributed by atoms with E-state index >= 15 is 0 Å². The molecule has 206 valence electrons. The van der Waals surface area contributed by atoms with Gasteiger partial charge in [-0.3, -0.25) is 14.6 Å². The summed E-state index contributed by atoms with van der Waals surface area (Å²) in [5, 5.41) is 28.7. The van der Waals surface area contributed by atoms with Crippen molar-refractivity contribution < 1.29 is 24.9 Å². The molecular weight excluding hydrogens is 524 g/mol. The Morgan fingerprint density at radius 2 is 1.56 bits per heavy atom. The minimum absolute atomic E-state index is 0.0674. The van der Waals surface area contributed by atoms with Crippen molar-refractivity contribution in [3.8, 4) is 28.1 Å². The standard InChI is InChI=1S/C30H24N4O3.CH2O3/c35-28-24-16-23(20-10-5-2-6-11-20)30(37)34(18-19-8-3-1-4-9-19)27(24)25(21-12-7-15-31-17-21)33-26(28)29(36)32-22-13-14-22;2-1(3)4/h1-12,15-17,22,35H,13-14,18H2,(H,32,36);(H2,2,3,4). The molecule has 3 heterocycles. The van der Waals surface area contributed by atoms with E-state index in [1.54, 1.807) is 29.1 Å². The van der Waals surface area contributed by atoms with Crippen molar-refractivity contribution >= 4 is 23.0 Å². The average Bonchev–Trinajstić information content (AvgIpc) is 3.80. The number of fused-ring (bicyclic) bond motifs is 1. The molecule has 0 spiro atoms. The molecule has 10 heteroatoms. The van der Waals surface area contributed by atoms with Gasteiger partial charge >= 0.3 is 6.16 Å². The quantitative estimate of drug-likeness (QED) is 0.230. The van der Waals surface area contributed by atoms with Crippen LogP contribution in [0.2, 0.25) is 0 Å². The number of carbonyl (C=O) groups is 2. The Bertz CT molecular complexity index is 1770. The Hall–Kier alpha value is -5.51. The summed E-state index contributed by atoms with van der Waals surface area (Å²) in [6.07, 6.45) is 3.27. The number of rotatable bonds is 6. The minimum Gasteiger partial charge on any atom is -0.505 e. The molecule has 1 amide bonds. The number of benzene rings is 2. The maximum Gasteiger partial charge on any atom is 0.503 e. The Morgan fingerprint density at radius 3 is 2.17 bits per heavy atom. The number of aromatic nitrogens is 3. The summed E-state index contributed by atoms with van der Waals surface area (Å²) < 4.78 is 1.63. The first-order chi connectivity index (χ1) is 19.8. The molecule has 0 radical (unpaired) electrons. The fraction of sp³-hybridized carbons (Fsp3) is 0.129. The molecule has 0 unspecified atom stereocenters. The van der Waals surface area contributed by atoms with E-state index in [4.69, 9.17) is 15.0 Å². The van der Waals surface area contributed by atoms with E-state index in [0.29, 0.717) is 27.7 Å². The summed E-state index contributed by atoms with van der Waals surface area (Å²) in [6, 6.07) is 24.3. The van der Waals surface area contributed by atoms with Gasteiger partial charge in [-0.05, 0) is 42.2 Å². The van der Waals surface area contributed by atoms with Crippen LogP contribution in [-0.4, -0.2) is 48.0 Å². The van der Waals surface area contributed by atoms with Gasteiger partial charge in [-0.2, -0.15) is 0 Å². The highest BCUT2D eigenvalue weighted by Gasteiger charge is 2.29. The minimum atomic E-state index is -1.83. The lowest BCUT2D eigenvalue weighted by atomic mass is 10.0. The zero-order valence-corrected chi connectivity index (χ0v) is 21.8. The van der Waals surface area contributed by atoms with Crippen LogP contribution in [0.25, 0.3) is 33.3 Å². The number of nitrogens with zero attached hydrogens (tertiary/aromatic N) is 3. The SMILES string of the molecule is O=C(NC1CC1)c1nc(-c2cccnc2)c2c(cc(-c3ccccc3)c(=O)n2Cc2ccccc2)c1O.O=C(O)O. The van der Waals surface area contributed by atoms with Gasteiger partial charge in [0.05, 0.1) is 17.8 Å². The largest absolute Gasteiger partial charge is 0.505 e. The lowest BCUT2D eigenvalue weighted by molar-refractivity contribution is 0.0943. The first kappa shape index (κ1) is 27.1. The van der Waals surface area contributed by atoms with Gasteiger partial charge in [-0.1, -0.05) is 60.7 Å². The molecule has 1 saturated carbocycles. The fourth-order valence-electron chi connectivity index (χ4n) is 4.53. The van der Waals surface area contributed by atoms with Crippen LogP contribution in [0.5, 0.6) is 5.75 Å². The van der Waals surface area contributed by atoms with Crippen molar-refractivity contribution in [3.05, 3.63) is 113 Å². The van der Waals surface area contributed by atoms with Crippen molar-refractivity contribution in [1.29, 1.82) is 0 Å². The van der Waals surface area contributed by atoms with Crippen molar-refractivity contribution in [1.82, 2.24) is 19.9 Å². The van der Waals surface area contributed by atoms with Gasteiger partial charge < -0.3 is 25.2 Å². The zero-order valence-electron chi connectivity index (χ0n) is 21.8. The Morgan fingerprint density at radius 1 is 0.927 bits per heavy atom. The van der Waals surface area contributed by atoms with Crippen LogP contribution < -0.4 is 10.9 Å². The molecule has 0 aliphatic heterocycles. The van der Waals surface area contributed by atoms with Gasteiger partial charge in [-0.15, -0.1) is 0 Å². The van der Waals surface area contributed by atoms with Gasteiger partial charge in [0, 0.05) is 34.9 Å². The van der Waals surface area contributed by atoms with Crippen LogP contribution in [0.1, 0.15) is 28.9 Å². The predicted molar refractivity (Wildman–Crippen MR) is 153 cm³/mol.